The van der Waals surface area contributed by atoms with Crippen LogP contribution < -0.4 is 26.6 Å². The van der Waals surface area contributed by atoms with Gasteiger partial charge in [0, 0.05) is 44.7 Å². The molecule has 406 valence electrons. The Kier molecular flexibility index (Phi) is 26.3. The summed E-state index contributed by atoms with van der Waals surface area (Å²) in [5.41, 5.74) is 2.75. The van der Waals surface area contributed by atoms with Crippen molar-refractivity contribution in [2.75, 3.05) is 72.6 Å². The molecule has 0 bridgehead atoms. The van der Waals surface area contributed by atoms with Crippen LogP contribution in [0.1, 0.15) is 111 Å². The maximum absolute atomic E-state index is 13.3. The van der Waals surface area contributed by atoms with Gasteiger partial charge in [-0.2, -0.15) is 0 Å². The molecular weight excluding hydrogens is 951 g/mol. The Hall–Kier alpha value is -6.16. The number of carboxylic acid groups (broad SMARTS) is 1. The van der Waals surface area contributed by atoms with Gasteiger partial charge in [0.2, 0.25) is 23.6 Å². The fraction of sp³-hybridized carbons (Fsp3) is 0.615. The topological polar surface area (TPSA) is 282 Å². The Balaban J connectivity index is 1.37. The summed E-state index contributed by atoms with van der Waals surface area (Å²) in [6, 6.07) is 12.7. The zero-order valence-electron chi connectivity index (χ0n) is 43.6. The third kappa shape index (κ3) is 24.4. The second-order valence-electron chi connectivity index (χ2n) is 19.6. The molecule has 1 aliphatic carbocycles. The van der Waals surface area contributed by atoms with Crippen LogP contribution in [0.15, 0.2) is 48.5 Å². The molecule has 2 aromatic carbocycles. The van der Waals surface area contributed by atoms with E-state index in [1.165, 1.54) is 0 Å². The largest absolute Gasteiger partial charge is 0.480 e. The molecule has 6 N–H and O–H groups in total. The predicted molar refractivity (Wildman–Crippen MR) is 267 cm³/mol. The molecule has 0 aromatic heterocycles. The van der Waals surface area contributed by atoms with Crippen molar-refractivity contribution in [1.29, 1.82) is 0 Å². The van der Waals surface area contributed by atoms with E-state index >= 15 is 0 Å². The molecule has 5 amide bonds. The smallest absolute Gasteiger partial charge is 0.407 e. The number of hydrogen-bond acceptors (Lipinski definition) is 15. The van der Waals surface area contributed by atoms with Crippen LogP contribution in [0, 0.1) is 5.92 Å². The van der Waals surface area contributed by atoms with Crippen molar-refractivity contribution < 1.29 is 76.6 Å². The highest BCUT2D eigenvalue weighted by Gasteiger charge is 2.31. The molecule has 0 radical (unpaired) electrons. The first-order valence-electron chi connectivity index (χ1n) is 24.8. The first-order chi connectivity index (χ1) is 34.5. The highest BCUT2D eigenvalue weighted by Crippen LogP contribution is 2.44. The van der Waals surface area contributed by atoms with E-state index in [9.17, 15) is 43.5 Å². The quantitative estimate of drug-likeness (QED) is 0.0336. The van der Waals surface area contributed by atoms with E-state index in [1.54, 1.807) is 55.4 Å². The van der Waals surface area contributed by atoms with Crippen LogP contribution in [-0.2, 0) is 66.7 Å². The highest BCUT2D eigenvalue weighted by atomic mass is 16.6. The molecule has 0 heterocycles. The first-order valence-corrected chi connectivity index (χ1v) is 24.8. The summed E-state index contributed by atoms with van der Waals surface area (Å²) in [5, 5.41) is 22.3. The summed E-state index contributed by atoms with van der Waals surface area (Å²) < 4.78 is 38.4. The molecule has 0 fully saturated rings. The molecular formula is C52H77N5O16. The Morgan fingerprint density at radius 1 is 0.548 bits per heavy atom. The van der Waals surface area contributed by atoms with E-state index in [0.717, 1.165) is 22.3 Å². The van der Waals surface area contributed by atoms with Gasteiger partial charge in [-0.1, -0.05) is 62.4 Å². The summed E-state index contributed by atoms with van der Waals surface area (Å²) in [5.74, 6) is -4.66. The minimum absolute atomic E-state index is 0.00537. The predicted octanol–water partition coefficient (Wildman–Crippen LogP) is 3.93. The van der Waals surface area contributed by atoms with E-state index < -0.39 is 77.0 Å². The van der Waals surface area contributed by atoms with Gasteiger partial charge in [0.25, 0.3) is 0 Å². The summed E-state index contributed by atoms with van der Waals surface area (Å²) in [6.45, 7) is 14.7. The van der Waals surface area contributed by atoms with Crippen LogP contribution in [0.3, 0.4) is 0 Å². The minimum atomic E-state index is -1.11. The van der Waals surface area contributed by atoms with Crippen molar-refractivity contribution in [2.45, 2.75) is 129 Å². The average molecular weight is 1030 g/mol. The number of rotatable bonds is 33. The van der Waals surface area contributed by atoms with Gasteiger partial charge in [0.15, 0.2) is 0 Å². The van der Waals surface area contributed by atoms with E-state index in [4.69, 9.17) is 33.2 Å². The number of carboxylic acids is 1. The van der Waals surface area contributed by atoms with Gasteiger partial charge in [-0.15, -0.1) is 0 Å². The van der Waals surface area contributed by atoms with Crippen molar-refractivity contribution in [3.63, 3.8) is 0 Å². The maximum Gasteiger partial charge on any atom is 0.407 e. The van der Waals surface area contributed by atoms with Crippen LogP contribution in [0.25, 0.3) is 11.1 Å². The number of amides is 5. The van der Waals surface area contributed by atoms with Gasteiger partial charge >= 0.3 is 24.0 Å². The molecule has 3 atom stereocenters. The van der Waals surface area contributed by atoms with Crippen molar-refractivity contribution in [1.82, 2.24) is 26.6 Å². The van der Waals surface area contributed by atoms with Crippen molar-refractivity contribution in [2.24, 2.45) is 5.92 Å². The van der Waals surface area contributed by atoms with Crippen LogP contribution in [-0.4, -0.2) is 155 Å². The summed E-state index contributed by atoms with van der Waals surface area (Å²) >= 11 is 0. The van der Waals surface area contributed by atoms with E-state index in [-0.39, 0.29) is 123 Å². The molecule has 0 unspecified atom stereocenters. The molecule has 3 rings (SSSR count). The van der Waals surface area contributed by atoms with E-state index in [0.29, 0.717) is 0 Å². The third-order valence-electron chi connectivity index (χ3n) is 10.7. The second-order valence-corrected chi connectivity index (χ2v) is 19.6. The normalized spacial score (nSPS) is 13.4. The molecule has 1 aliphatic rings. The molecule has 2 aromatic rings. The van der Waals surface area contributed by atoms with Gasteiger partial charge in [-0.3, -0.25) is 28.8 Å². The SMILES string of the molecule is CC(C)[C@H](NC(=O)CCOCCOCCNC(=O)[C@H](CCC(=O)OC(C)(C)C)NC(=O)CCOCCOCCNC(=O)[C@H](CCC(=O)OC(C)(C)C)NC(=O)OCC1c2ccccc2-c2ccccc21)C(=O)O. The van der Waals surface area contributed by atoms with Crippen molar-refractivity contribution in [3.8, 4) is 11.1 Å². The van der Waals surface area contributed by atoms with Crippen LogP contribution in [0.5, 0.6) is 0 Å². The lowest BCUT2D eigenvalue weighted by atomic mass is 9.98. The number of nitrogens with one attached hydrogen (secondary N) is 5. The van der Waals surface area contributed by atoms with Gasteiger partial charge in [0.05, 0.1) is 52.9 Å². The summed E-state index contributed by atoms with van der Waals surface area (Å²) in [6.07, 6.45) is -1.27. The number of alkyl carbamates (subject to hydrolysis) is 1. The first kappa shape index (κ1) is 61.1. The number of fused-ring (bicyclic) bond motifs is 3. The van der Waals surface area contributed by atoms with Gasteiger partial charge in [-0.05, 0) is 82.6 Å². The van der Waals surface area contributed by atoms with Gasteiger partial charge < -0.3 is 64.8 Å². The molecule has 0 saturated carbocycles. The fourth-order valence-corrected chi connectivity index (χ4v) is 7.37. The Bertz CT molecular complexity index is 2070. The lowest BCUT2D eigenvalue weighted by Gasteiger charge is -2.22. The zero-order valence-corrected chi connectivity index (χ0v) is 43.6. The maximum atomic E-state index is 13.3. The van der Waals surface area contributed by atoms with Crippen molar-refractivity contribution in [3.05, 3.63) is 59.7 Å². The number of aliphatic carboxylic acids is 1. The van der Waals surface area contributed by atoms with Gasteiger partial charge in [0.1, 0.15) is 35.9 Å². The Labute approximate surface area is 428 Å². The number of carbonyl (C=O) groups excluding carboxylic acids is 7. The lowest BCUT2D eigenvalue weighted by Crippen LogP contribution is -2.48. The molecule has 73 heavy (non-hydrogen) atoms. The summed E-state index contributed by atoms with van der Waals surface area (Å²) in [4.78, 5) is 101. The van der Waals surface area contributed by atoms with Crippen molar-refractivity contribution >= 4 is 47.6 Å². The van der Waals surface area contributed by atoms with E-state index in [1.807, 2.05) is 48.5 Å². The van der Waals surface area contributed by atoms with Crippen LogP contribution in [0.4, 0.5) is 4.79 Å². The molecule has 0 aliphatic heterocycles. The number of esters is 2. The molecule has 21 nitrogen and oxygen atoms in total. The number of benzene rings is 2. The number of carbonyl (C=O) groups is 8. The second kappa shape index (κ2) is 31.4. The van der Waals surface area contributed by atoms with Gasteiger partial charge in [-0.25, -0.2) is 9.59 Å². The third-order valence-corrected chi connectivity index (χ3v) is 10.7. The molecule has 0 spiro atoms. The lowest BCUT2D eigenvalue weighted by molar-refractivity contribution is -0.156. The molecule has 0 saturated heterocycles. The molecule has 21 heteroatoms. The monoisotopic (exact) mass is 1030 g/mol. The van der Waals surface area contributed by atoms with E-state index in [2.05, 4.69) is 26.6 Å². The standard InChI is InChI=1S/C52H77N5O16/c1-34(2)46(49(64)65)57-43(59)22-26-68-30-32-69-27-23-53-47(62)40(17-19-44(60)72-51(3,4)5)55-42(58)21-25-67-29-31-70-28-24-54-48(63)41(18-20-45(61)73-52(6,7)8)56-50(66)71-33-39-37-15-11-9-13-35(37)36-14-10-12-16-38(36)39/h9-16,34,39-41,46H,17-33H2,1-8H3,(H,53,62)(H,54,63)(H,55,58)(H,56,66)(H,57,59)(H,64,65)/t40-,41-,46-/m0/s1. The van der Waals surface area contributed by atoms with Crippen LogP contribution >= 0.6 is 0 Å². The number of hydrogen-bond donors (Lipinski definition) is 6. The van der Waals surface area contributed by atoms with Crippen LogP contribution in [0.2, 0.25) is 0 Å². The average Bonchev–Trinajstić information content (AvgIpc) is 3.63. The summed E-state index contributed by atoms with van der Waals surface area (Å²) in [7, 11) is 0. The number of ether oxygens (including phenoxy) is 7. The Morgan fingerprint density at radius 2 is 0.959 bits per heavy atom. The Morgan fingerprint density at radius 3 is 1.38 bits per heavy atom. The fourth-order valence-electron chi connectivity index (χ4n) is 7.37. The highest BCUT2D eigenvalue weighted by molar-refractivity contribution is 5.88. The zero-order chi connectivity index (χ0) is 54.0. The minimum Gasteiger partial charge on any atom is -0.480 e.